The Morgan fingerprint density at radius 2 is 2.43 bits per heavy atom. The van der Waals surface area contributed by atoms with Crippen LogP contribution >= 0.6 is 0 Å². The number of carbonyl (C=O) groups excluding carboxylic acids is 2. The quantitative estimate of drug-likeness (QED) is 0.346. The van der Waals surface area contributed by atoms with E-state index >= 15 is 0 Å². The lowest BCUT2D eigenvalue weighted by Crippen LogP contribution is -2.26. The Hall–Kier alpha value is -0.660. The summed E-state index contributed by atoms with van der Waals surface area (Å²) in [6.45, 7) is 0. The van der Waals surface area contributed by atoms with Gasteiger partial charge in [0.15, 0.2) is 0 Å². The van der Waals surface area contributed by atoms with Gasteiger partial charge >= 0.3 is 0 Å². The minimum absolute atomic E-state index is 0.106. The zero-order valence-corrected chi connectivity index (χ0v) is 3.89. The van der Waals surface area contributed by atoms with Crippen molar-refractivity contribution in [3.63, 3.8) is 0 Å². The van der Waals surface area contributed by atoms with Crippen molar-refractivity contribution in [3.8, 4) is 0 Å². The van der Waals surface area contributed by atoms with Gasteiger partial charge in [0.1, 0.15) is 12.1 Å². The number of ketones is 1. The predicted molar refractivity (Wildman–Crippen MR) is 23.8 cm³/mol. The maximum absolute atomic E-state index is 10.2. The third kappa shape index (κ3) is 0.557. The highest BCUT2D eigenvalue weighted by atomic mass is 16.1. The first-order valence-electron chi connectivity index (χ1n) is 2.32. The van der Waals surface area contributed by atoms with Crippen LogP contribution in [-0.4, -0.2) is 12.1 Å². The maximum atomic E-state index is 10.2. The fraction of sp³-hybridized carbons (Fsp3) is 0.600. The topological polar surface area (TPSA) is 34.1 Å². The predicted octanol–water partition coefficient (Wildman–Crippen LogP) is 0.164. The summed E-state index contributed by atoms with van der Waals surface area (Å²) in [5.41, 5.74) is 0. The number of rotatable bonds is 1. The fourth-order valence-electron chi connectivity index (χ4n) is 0.573. The average molecular weight is 98.1 g/mol. The molecule has 0 radical (unpaired) electrons. The first-order chi connectivity index (χ1) is 3.34. The lowest BCUT2D eigenvalue weighted by Gasteiger charge is -2.16. The minimum atomic E-state index is -0.236. The molecule has 1 saturated carbocycles. The molecule has 0 amide bonds. The van der Waals surface area contributed by atoms with Gasteiger partial charge in [-0.15, -0.1) is 0 Å². The second-order valence-corrected chi connectivity index (χ2v) is 1.75. The van der Waals surface area contributed by atoms with E-state index in [1.54, 1.807) is 0 Å². The Labute approximate surface area is 41.5 Å². The van der Waals surface area contributed by atoms with Crippen LogP contribution in [0.3, 0.4) is 0 Å². The summed E-state index contributed by atoms with van der Waals surface area (Å²) in [5, 5.41) is 0. The molecule has 0 spiro atoms. The van der Waals surface area contributed by atoms with Gasteiger partial charge in [0.2, 0.25) is 0 Å². The van der Waals surface area contributed by atoms with E-state index < -0.39 is 0 Å². The highest BCUT2D eigenvalue weighted by Crippen LogP contribution is 2.18. The summed E-state index contributed by atoms with van der Waals surface area (Å²) < 4.78 is 0. The van der Waals surface area contributed by atoms with Gasteiger partial charge in [-0.2, -0.15) is 0 Å². The van der Waals surface area contributed by atoms with Crippen LogP contribution in [0.4, 0.5) is 0 Å². The summed E-state index contributed by atoms with van der Waals surface area (Å²) in [7, 11) is 0. The molecule has 7 heavy (non-hydrogen) atoms. The molecule has 1 rings (SSSR count). The fourth-order valence-corrected chi connectivity index (χ4v) is 0.573. The molecule has 0 aromatic carbocycles. The number of hydrogen-bond acceptors (Lipinski definition) is 2. The van der Waals surface area contributed by atoms with Crippen molar-refractivity contribution in [2.24, 2.45) is 5.92 Å². The number of carbonyl (C=O) groups is 2. The van der Waals surface area contributed by atoms with E-state index in [-0.39, 0.29) is 11.7 Å². The number of Topliss-reactive ketones (excluding diaryl/α,β-unsaturated/α-hetero) is 1. The Morgan fingerprint density at radius 3 is 2.43 bits per heavy atom. The Bertz CT molecular complexity index is 107. The van der Waals surface area contributed by atoms with Crippen LogP contribution in [0.1, 0.15) is 12.8 Å². The van der Waals surface area contributed by atoms with Gasteiger partial charge in [-0.3, -0.25) is 4.79 Å². The van der Waals surface area contributed by atoms with Gasteiger partial charge in [-0.1, -0.05) is 0 Å². The molecule has 0 heterocycles. The van der Waals surface area contributed by atoms with Crippen LogP contribution in [0.5, 0.6) is 0 Å². The highest BCUT2D eigenvalue weighted by molar-refractivity contribution is 5.98. The zero-order valence-electron chi connectivity index (χ0n) is 3.89. The number of aldehydes is 1. The molecule has 0 bridgehead atoms. The first-order valence-corrected chi connectivity index (χ1v) is 2.32. The molecule has 2 heteroatoms. The van der Waals surface area contributed by atoms with E-state index in [4.69, 9.17) is 0 Å². The Kier molecular flexibility index (Phi) is 0.929. The summed E-state index contributed by atoms with van der Waals surface area (Å²) in [6.07, 6.45) is 2.12. The van der Waals surface area contributed by atoms with Gasteiger partial charge in [-0.05, 0) is 6.42 Å². The minimum Gasteiger partial charge on any atom is -0.303 e. The van der Waals surface area contributed by atoms with Crippen molar-refractivity contribution < 1.29 is 9.59 Å². The van der Waals surface area contributed by atoms with E-state index in [0.717, 1.165) is 12.7 Å². The van der Waals surface area contributed by atoms with E-state index in [2.05, 4.69) is 0 Å². The van der Waals surface area contributed by atoms with Crippen LogP contribution in [0.25, 0.3) is 0 Å². The summed E-state index contributed by atoms with van der Waals surface area (Å²) >= 11 is 0. The average Bonchev–Trinajstić information content (AvgIpc) is 1.65. The molecule has 0 N–H and O–H groups in total. The summed E-state index contributed by atoms with van der Waals surface area (Å²) in [4.78, 5) is 20.0. The standard InChI is InChI=1S/C5H6O2/c6-3-4-1-2-5(4)7/h3-4H,1-2H2. The smallest absolute Gasteiger partial charge is 0.143 e. The van der Waals surface area contributed by atoms with Crippen molar-refractivity contribution >= 4 is 12.1 Å². The molecule has 38 valence electrons. The first kappa shape index (κ1) is 4.50. The molecule has 0 aliphatic heterocycles. The molecule has 0 aromatic heterocycles. The summed E-state index contributed by atoms with van der Waals surface area (Å²) in [6, 6.07) is 0. The zero-order chi connectivity index (χ0) is 5.28. The third-order valence-corrected chi connectivity index (χ3v) is 1.28. The second kappa shape index (κ2) is 1.45. The van der Waals surface area contributed by atoms with Crippen LogP contribution < -0.4 is 0 Å². The molecule has 0 aromatic rings. The van der Waals surface area contributed by atoms with E-state index in [0.29, 0.717) is 6.42 Å². The van der Waals surface area contributed by atoms with Crippen molar-refractivity contribution in [2.45, 2.75) is 12.8 Å². The van der Waals surface area contributed by atoms with Crippen molar-refractivity contribution in [1.29, 1.82) is 0 Å². The van der Waals surface area contributed by atoms with E-state index in [1.807, 2.05) is 0 Å². The Morgan fingerprint density at radius 1 is 1.71 bits per heavy atom. The molecular weight excluding hydrogens is 92.1 g/mol. The lowest BCUT2D eigenvalue weighted by atomic mass is 9.85. The van der Waals surface area contributed by atoms with Crippen LogP contribution in [0.15, 0.2) is 0 Å². The second-order valence-electron chi connectivity index (χ2n) is 1.75. The van der Waals surface area contributed by atoms with Crippen LogP contribution in [0, 0.1) is 5.92 Å². The largest absolute Gasteiger partial charge is 0.303 e. The molecule has 1 aliphatic rings. The van der Waals surface area contributed by atoms with Gasteiger partial charge in [0.05, 0.1) is 5.92 Å². The van der Waals surface area contributed by atoms with Gasteiger partial charge in [0, 0.05) is 6.42 Å². The van der Waals surface area contributed by atoms with Crippen molar-refractivity contribution in [3.05, 3.63) is 0 Å². The molecular formula is C5H6O2. The van der Waals surface area contributed by atoms with Crippen LogP contribution in [0.2, 0.25) is 0 Å². The van der Waals surface area contributed by atoms with Crippen molar-refractivity contribution in [2.75, 3.05) is 0 Å². The maximum Gasteiger partial charge on any atom is 0.143 e. The molecule has 1 atom stereocenters. The molecule has 1 fully saturated rings. The van der Waals surface area contributed by atoms with Gasteiger partial charge < -0.3 is 4.79 Å². The molecule has 1 unspecified atom stereocenters. The van der Waals surface area contributed by atoms with Crippen LogP contribution in [-0.2, 0) is 9.59 Å². The van der Waals surface area contributed by atoms with E-state index in [9.17, 15) is 9.59 Å². The van der Waals surface area contributed by atoms with Gasteiger partial charge in [0.25, 0.3) is 0 Å². The molecule has 1 aliphatic carbocycles. The Balaban J connectivity index is 2.43. The van der Waals surface area contributed by atoms with Gasteiger partial charge in [-0.25, -0.2) is 0 Å². The van der Waals surface area contributed by atoms with Crippen molar-refractivity contribution in [1.82, 2.24) is 0 Å². The lowest BCUT2D eigenvalue weighted by molar-refractivity contribution is -0.133. The number of hydrogen-bond donors (Lipinski definition) is 0. The highest BCUT2D eigenvalue weighted by Gasteiger charge is 2.26. The molecule has 0 saturated heterocycles. The summed E-state index contributed by atoms with van der Waals surface area (Å²) in [5.74, 6) is -0.130. The molecule has 2 nitrogen and oxygen atoms in total. The SMILES string of the molecule is O=CC1CCC1=O. The van der Waals surface area contributed by atoms with E-state index in [1.165, 1.54) is 0 Å². The normalized spacial score (nSPS) is 29.1. The third-order valence-electron chi connectivity index (χ3n) is 1.28. The monoisotopic (exact) mass is 98.0 g/mol.